The van der Waals surface area contributed by atoms with Gasteiger partial charge in [-0.05, 0) is 0 Å². The van der Waals surface area contributed by atoms with Crippen LogP contribution in [-0.2, 0) is 9.59 Å². The highest BCUT2D eigenvalue weighted by Gasteiger charge is 2.48. The summed E-state index contributed by atoms with van der Waals surface area (Å²) in [6.07, 6.45) is 0.256. The summed E-state index contributed by atoms with van der Waals surface area (Å²) in [6, 6.07) is 0. The molecular weight excluding hydrogens is 160 g/mol. The van der Waals surface area contributed by atoms with Gasteiger partial charge in [-0.3, -0.25) is 19.6 Å². The van der Waals surface area contributed by atoms with Gasteiger partial charge in [0.1, 0.15) is 6.17 Å². The number of nitrogens with two attached hydrogens (primary N) is 2. The number of carbonyl (C=O) groups excluding carboxylic acids is 2. The quantitative estimate of drug-likeness (QED) is 0.329. The van der Waals surface area contributed by atoms with Gasteiger partial charge in [-0.25, -0.2) is 11.7 Å². The zero-order valence-corrected chi connectivity index (χ0v) is 6.43. The minimum Gasteiger partial charge on any atom is -0.273 e. The van der Waals surface area contributed by atoms with Crippen LogP contribution in [0.4, 0.5) is 0 Å². The Kier molecular flexibility index (Phi) is 1.36. The summed E-state index contributed by atoms with van der Waals surface area (Å²) in [6.45, 7) is 0. The van der Waals surface area contributed by atoms with Crippen LogP contribution in [0.15, 0.2) is 0 Å². The Balaban J connectivity index is 2.26. The number of nitrogens with zero attached hydrogens (tertiary/aromatic N) is 2. The Bertz CT molecular complexity index is 230. The molecule has 6 heteroatoms. The van der Waals surface area contributed by atoms with Gasteiger partial charge >= 0.3 is 0 Å². The van der Waals surface area contributed by atoms with Crippen molar-refractivity contribution in [2.45, 2.75) is 19.0 Å². The van der Waals surface area contributed by atoms with Crippen LogP contribution in [0.5, 0.6) is 0 Å². The molecule has 2 aliphatic rings. The average molecular weight is 170 g/mol. The van der Waals surface area contributed by atoms with Gasteiger partial charge < -0.3 is 0 Å². The van der Waals surface area contributed by atoms with Gasteiger partial charge in [0.25, 0.3) is 0 Å². The zero-order valence-electron chi connectivity index (χ0n) is 6.43. The van der Waals surface area contributed by atoms with Crippen molar-refractivity contribution in [3.05, 3.63) is 0 Å². The van der Waals surface area contributed by atoms with Crippen LogP contribution in [0.3, 0.4) is 0 Å². The first-order chi connectivity index (χ1) is 5.61. The van der Waals surface area contributed by atoms with E-state index in [1.807, 2.05) is 0 Å². The molecule has 0 radical (unpaired) electrons. The molecule has 0 aliphatic carbocycles. The minimum atomic E-state index is -0.412. The first-order valence-corrected chi connectivity index (χ1v) is 3.75. The van der Waals surface area contributed by atoms with Crippen LogP contribution in [0.1, 0.15) is 12.8 Å². The van der Waals surface area contributed by atoms with Gasteiger partial charge in [0.15, 0.2) is 0 Å². The minimum absolute atomic E-state index is 0.0139. The third kappa shape index (κ3) is 0.759. The first-order valence-electron chi connectivity index (χ1n) is 3.75. The number of hydrazine groups is 2. The molecule has 66 valence electrons. The molecule has 0 saturated carbocycles. The van der Waals surface area contributed by atoms with E-state index < -0.39 is 6.17 Å². The van der Waals surface area contributed by atoms with Crippen LogP contribution in [0.25, 0.3) is 0 Å². The molecule has 2 fully saturated rings. The summed E-state index contributed by atoms with van der Waals surface area (Å²) < 4.78 is 0. The second kappa shape index (κ2) is 2.18. The van der Waals surface area contributed by atoms with Gasteiger partial charge in [0.05, 0.1) is 0 Å². The fourth-order valence-electron chi connectivity index (χ4n) is 1.83. The highest BCUT2D eigenvalue weighted by atomic mass is 16.2. The van der Waals surface area contributed by atoms with Crippen LogP contribution in [0.2, 0.25) is 0 Å². The maximum Gasteiger partial charge on any atom is 0.238 e. The summed E-state index contributed by atoms with van der Waals surface area (Å²) in [5.74, 6) is 10.5. The van der Waals surface area contributed by atoms with E-state index in [2.05, 4.69) is 0 Å². The molecule has 2 aliphatic heterocycles. The van der Waals surface area contributed by atoms with Crippen molar-refractivity contribution >= 4 is 11.8 Å². The maximum atomic E-state index is 11.0. The Morgan fingerprint density at radius 3 is 1.83 bits per heavy atom. The van der Waals surface area contributed by atoms with Crippen molar-refractivity contribution in [2.24, 2.45) is 17.6 Å². The van der Waals surface area contributed by atoms with E-state index in [0.717, 1.165) is 10.0 Å². The topological polar surface area (TPSA) is 92.7 Å². The van der Waals surface area contributed by atoms with Gasteiger partial charge in [-0.15, -0.1) is 0 Å². The third-order valence-corrected chi connectivity index (χ3v) is 2.44. The number of fused-ring (bicyclic) bond motifs is 1. The fraction of sp³-hybridized carbons (Fsp3) is 0.667. The second-order valence-corrected chi connectivity index (χ2v) is 3.18. The number of amides is 2. The van der Waals surface area contributed by atoms with E-state index in [1.54, 1.807) is 0 Å². The van der Waals surface area contributed by atoms with Crippen molar-refractivity contribution in [1.29, 1.82) is 0 Å². The molecule has 4 N–H and O–H groups in total. The zero-order chi connectivity index (χ0) is 8.88. The van der Waals surface area contributed by atoms with E-state index >= 15 is 0 Å². The van der Waals surface area contributed by atoms with Gasteiger partial charge in [0, 0.05) is 18.8 Å². The molecule has 2 rings (SSSR count). The standard InChI is InChI=1S/C6H10N4O2/c7-9-4(11)1-3-2-5(12)10(8)6(3)9/h3,6H,1-2,7-8H2. The third-order valence-electron chi connectivity index (χ3n) is 2.44. The largest absolute Gasteiger partial charge is 0.273 e. The highest BCUT2D eigenvalue weighted by molar-refractivity contribution is 5.85. The van der Waals surface area contributed by atoms with Crippen LogP contribution < -0.4 is 11.7 Å². The molecule has 0 spiro atoms. The number of hydrogen-bond acceptors (Lipinski definition) is 4. The molecule has 0 aromatic rings. The van der Waals surface area contributed by atoms with Crippen molar-refractivity contribution < 1.29 is 9.59 Å². The lowest BCUT2D eigenvalue weighted by Crippen LogP contribution is -2.52. The van der Waals surface area contributed by atoms with E-state index in [0.29, 0.717) is 12.8 Å². The first kappa shape index (κ1) is 7.51. The fourth-order valence-corrected chi connectivity index (χ4v) is 1.83. The molecule has 2 saturated heterocycles. The molecule has 0 aromatic carbocycles. The van der Waals surface area contributed by atoms with Crippen molar-refractivity contribution in [3.8, 4) is 0 Å². The normalized spacial score (nSPS) is 34.8. The van der Waals surface area contributed by atoms with Gasteiger partial charge in [0.2, 0.25) is 11.8 Å². The molecule has 2 amide bonds. The summed E-state index contributed by atoms with van der Waals surface area (Å²) in [5.41, 5.74) is 0. The molecule has 0 atom stereocenters. The maximum absolute atomic E-state index is 11.0. The SMILES string of the molecule is NN1C(=O)CC2CC(=O)N(N)C21. The molecular formula is C6H10N4O2. The Hall–Kier alpha value is -1.14. The summed E-state index contributed by atoms with van der Waals surface area (Å²) in [5, 5.41) is 2.10. The van der Waals surface area contributed by atoms with Crippen LogP contribution in [0, 0.1) is 5.92 Å². The number of hydrogen-bond donors (Lipinski definition) is 2. The average Bonchev–Trinajstić information content (AvgIpc) is 2.40. The smallest absolute Gasteiger partial charge is 0.238 e. The lowest BCUT2D eigenvalue weighted by molar-refractivity contribution is -0.137. The molecule has 12 heavy (non-hydrogen) atoms. The second-order valence-electron chi connectivity index (χ2n) is 3.18. The van der Waals surface area contributed by atoms with E-state index in [-0.39, 0.29) is 17.7 Å². The van der Waals surface area contributed by atoms with Crippen molar-refractivity contribution in [3.63, 3.8) is 0 Å². The molecule has 6 nitrogen and oxygen atoms in total. The van der Waals surface area contributed by atoms with Gasteiger partial charge in [-0.1, -0.05) is 0 Å². The highest BCUT2D eigenvalue weighted by Crippen LogP contribution is 2.32. The summed E-state index contributed by atoms with van der Waals surface area (Å²) in [4.78, 5) is 22.1. The molecule has 2 heterocycles. The lowest BCUT2D eigenvalue weighted by atomic mass is 10.1. The summed E-state index contributed by atoms with van der Waals surface area (Å²) >= 11 is 0. The molecule has 0 bridgehead atoms. The van der Waals surface area contributed by atoms with E-state index in [4.69, 9.17) is 11.7 Å². The van der Waals surface area contributed by atoms with Gasteiger partial charge in [-0.2, -0.15) is 0 Å². The molecule has 0 unspecified atom stereocenters. The lowest BCUT2D eigenvalue weighted by Gasteiger charge is -2.24. The van der Waals surface area contributed by atoms with Crippen molar-refractivity contribution in [1.82, 2.24) is 10.0 Å². The number of carbonyl (C=O) groups is 2. The van der Waals surface area contributed by atoms with Crippen LogP contribution >= 0.6 is 0 Å². The number of rotatable bonds is 0. The van der Waals surface area contributed by atoms with Crippen molar-refractivity contribution in [2.75, 3.05) is 0 Å². The Morgan fingerprint density at radius 1 is 1.08 bits per heavy atom. The Labute approximate surface area is 69.0 Å². The van der Waals surface area contributed by atoms with E-state index in [1.165, 1.54) is 0 Å². The predicted molar refractivity (Wildman–Crippen MR) is 38.6 cm³/mol. The van der Waals surface area contributed by atoms with E-state index in [9.17, 15) is 9.59 Å². The van der Waals surface area contributed by atoms with Crippen LogP contribution in [-0.4, -0.2) is 28.0 Å². The Morgan fingerprint density at radius 2 is 1.50 bits per heavy atom. The monoisotopic (exact) mass is 170 g/mol. The molecule has 0 aromatic heterocycles. The predicted octanol–water partition coefficient (Wildman–Crippen LogP) is -1.86. The summed E-state index contributed by atoms with van der Waals surface area (Å²) in [7, 11) is 0.